The normalized spacial score (nSPS) is 11.1. The molecule has 0 aliphatic carbocycles. The minimum Gasteiger partial charge on any atom is -0.396 e. The van der Waals surface area contributed by atoms with E-state index in [2.05, 4.69) is 4.98 Å². The Bertz CT molecular complexity index is 578. The molecule has 0 saturated heterocycles. The zero-order chi connectivity index (χ0) is 15.8. The molecule has 0 aliphatic heterocycles. The number of aliphatic hydroxyl groups is 2. The first-order valence-corrected chi connectivity index (χ1v) is 7.37. The van der Waals surface area contributed by atoms with Crippen molar-refractivity contribution >= 4 is 0 Å². The quantitative estimate of drug-likeness (QED) is 0.784. The molecule has 1 aromatic heterocycles. The van der Waals surface area contributed by atoms with Gasteiger partial charge in [-0.25, -0.2) is 4.39 Å². The minimum absolute atomic E-state index is 0.0160. The third kappa shape index (κ3) is 4.59. The van der Waals surface area contributed by atoms with Crippen molar-refractivity contribution in [1.29, 1.82) is 0 Å². The first kappa shape index (κ1) is 16.5. The van der Waals surface area contributed by atoms with E-state index >= 15 is 0 Å². The lowest BCUT2D eigenvalue weighted by Crippen LogP contribution is -2.28. The molecule has 0 bridgehead atoms. The summed E-state index contributed by atoms with van der Waals surface area (Å²) < 4.78 is 14.3. The molecule has 5 heteroatoms. The van der Waals surface area contributed by atoms with Gasteiger partial charge in [-0.15, -0.1) is 0 Å². The second-order valence-corrected chi connectivity index (χ2v) is 5.12. The van der Waals surface area contributed by atoms with Gasteiger partial charge in [0, 0.05) is 44.2 Å². The third-order valence-electron chi connectivity index (χ3n) is 3.51. The van der Waals surface area contributed by atoms with Crippen LogP contribution < -0.4 is 0 Å². The Morgan fingerprint density at radius 3 is 2.36 bits per heavy atom. The summed E-state index contributed by atoms with van der Waals surface area (Å²) in [6, 6.07) is 8.86. The van der Waals surface area contributed by atoms with Crippen LogP contribution >= 0.6 is 0 Å². The van der Waals surface area contributed by atoms with Gasteiger partial charge in [0.15, 0.2) is 0 Å². The zero-order valence-electron chi connectivity index (χ0n) is 12.5. The summed E-state index contributed by atoms with van der Waals surface area (Å²) in [7, 11) is 0. The molecular weight excluding hydrogens is 283 g/mol. The summed E-state index contributed by atoms with van der Waals surface area (Å²) in [6.07, 6.45) is 3.97. The Morgan fingerprint density at radius 2 is 1.73 bits per heavy atom. The minimum atomic E-state index is -0.263. The van der Waals surface area contributed by atoms with Crippen LogP contribution in [-0.2, 0) is 6.54 Å². The van der Waals surface area contributed by atoms with Crippen molar-refractivity contribution in [1.82, 2.24) is 9.88 Å². The summed E-state index contributed by atoms with van der Waals surface area (Å²) in [5.74, 6) is -0.263. The SMILES string of the molecule is OCCCN(CCO)Cc1ccc(-c2ccncc2)cc1F. The Labute approximate surface area is 129 Å². The van der Waals surface area contributed by atoms with E-state index in [9.17, 15) is 4.39 Å². The number of benzene rings is 1. The van der Waals surface area contributed by atoms with E-state index in [0.29, 0.717) is 31.6 Å². The lowest BCUT2D eigenvalue weighted by Gasteiger charge is -2.21. The summed E-state index contributed by atoms with van der Waals surface area (Å²) in [5.41, 5.74) is 2.32. The van der Waals surface area contributed by atoms with Crippen LogP contribution in [-0.4, -0.2) is 46.4 Å². The number of aromatic nitrogens is 1. The van der Waals surface area contributed by atoms with E-state index in [1.807, 2.05) is 23.1 Å². The molecule has 0 fully saturated rings. The van der Waals surface area contributed by atoms with Gasteiger partial charge in [0.25, 0.3) is 0 Å². The van der Waals surface area contributed by atoms with E-state index in [1.54, 1.807) is 18.5 Å². The molecule has 0 unspecified atom stereocenters. The van der Waals surface area contributed by atoms with Crippen LogP contribution in [0.25, 0.3) is 11.1 Å². The maximum absolute atomic E-state index is 14.3. The molecule has 1 aromatic carbocycles. The number of rotatable bonds is 8. The summed E-state index contributed by atoms with van der Waals surface area (Å²) in [5, 5.41) is 18.0. The van der Waals surface area contributed by atoms with Gasteiger partial charge in [0.05, 0.1) is 6.61 Å². The molecule has 22 heavy (non-hydrogen) atoms. The summed E-state index contributed by atoms with van der Waals surface area (Å²) in [6.45, 7) is 1.62. The average Bonchev–Trinajstić information content (AvgIpc) is 2.55. The largest absolute Gasteiger partial charge is 0.396 e. The molecule has 2 rings (SSSR count). The topological polar surface area (TPSA) is 56.6 Å². The molecule has 0 saturated carbocycles. The molecule has 118 valence electrons. The highest BCUT2D eigenvalue weighted by atomic mass is 19.1. The monoisotopic (exact) mass is 304 g/mol. The van der Waals surface area contributed by atoms with Crippen LogP contribution in [0.3, 0.4) is 0 Å². The van der Waals surface area contributed by atoms with Crippen LogP contribution in [0.4, 0.5) is 4.39 Å². The standard InChI is InChI=1S/C17H21FN2O2/c18-17-12-15(14-4-6-19-7-5-14)2-3-16(17)13-20(9-11-22)8-1-10-21/h2-7,12,21-22H,1,8-11,13H2. The second kappa shape index (κ2) is 8.58. The zero-order valence-corrected chi connectivity index (χ0v) is 12.5. The lowest BCUT2D eigenvalue weighted by molar-refractivity contribution is 0.173. The Kier molecular flexibility index (Phi) is 6.45. The Hall–Kier alpha value is -1.82. The van der Waals surface area contributed by atoms with Crippen LogP contribution in [0.1, 0.15) is 12.0 Å². The first-order valence-electron chi connectivity index (χ1n) is 7.37. The predicted molar refractivity (Wildman–Crippen MR) is 83.7 cm³/mol. The molecule has 0 atom stereocenters. The molecule has 0 amide bonds. The van der Waals surface area contributed by atoms with Gasteiger partial charge in [0.1, 0.15) is 5.82 Å². The van der Waals surface area contributed by atoms with Gasteiger partial charge >= 0.3 is 0 Å². The lowest BCUT2D eigenvalue weighted by atomic mass is 10.0. The number of halogens is 1. The number of nitrogens with zero attached hydrogens (tertiary/aromatic N) is 2. The molecular formula is C17H21FN2O2. The molecule has 2 N–H and O–H groups in total. The van der Waals surface area contributed by atoms with Gasteiger partial charge in [0.2, 0.25) is 0 Å². The van der Waals surface area contributed by atoms with Crippen molar-refractivity contribution in [2.45, 2.75) is 13.0 Å². The highest BCUT2D eigenvalue weighted by molar-refractivity contribution is 5.63. The van der Waals surface area contributed by atoms with Gasteiger partial charge in [-0.1, -0.05) is 12.1 Å². The van der Waals surface area contributed by atoms with Crippen LogP contribution in [0.2, 0.25) is 0 Å². The summed E-state index contributed by atoms with van der Waals surface area (Å²) in [4.78, 5) is 5.89. The number of pyridine rings is 1. The van der Waals surface area contributed by atoms with Crippen molar-refractivity contribution in [3.8, 4) is 11.1 Å². The van der Waals surface area contributed by atoms with E-state index < -0.39 is 0 Å². The Morgan fingerprint density at radius 1 is 0.955 bits per heavy atom. The van der Waals surface area contributed by atoms with Gasteiger partial charge in [-0.05, 0) is 35.7 Å². The predicted octanol–water partition coefficient (Wildman–Crippen LogP) is 2.06. The van der Waals surface area contributed by atoms with Crippen LogP contribution in [0.15, 0.2) is 42.7 Å². The molecule has 0 aliphatic rings. The first-order chi connectivity index (χ1) is 10.7. The molecule has 0 radical (unpaired) electrons. The Balaban J connectivity index is 2.11. The van der Waals surface area contributed by atoms with Crippen molar-refractivity contribution in [3.05, 3.63) is 54.1 Å². The fourth-order valence-corrected chi connectivity index (χ4v) is 2.35. The van der Waals surface area contributed by atoms with Crippen molar-refractivity contribution < 1.29 is 14.6 Å². The molecule has 1 heterocycles. The van der Waals surface area contributed by atoms with Crippen molar-refractivity contribution in [2.24, 2.45) is 0 Å². The van der Waals surface area contributed by atoms with E-state index in [1.165, 1.54) is 6.07 Å². The van der Waals surface area contributed by atoms with E-state index in [4.69, 9.17) is 10.2 Å². The number of hydrogen-bond donors (Lipinski definition) is 2. The highest BCUT2D eigenvalue weighted by Crippen LogP contribution is 2.22. The third-order valence-corrected chi connectivity index (χ3v) is 3.51. The van der Waals surface area contributed by atoms with E-state index in [-0.39, 0.29) is 19.0 Å². The van der Waals surface area contributed by atoms with E-state index in [0.717, 1.165) is 11.1 Å². The van der Waals surface area contributed by atoms with Gasteiger partial charge < -0.3 is 10.2 Å². The second-order valence-electron chi connectivity index (χ2n) is 5.12. The maximum atomic E-state index is 14.3. The van der Waals surface area contributed by atoms with Crippen LogP contribution in [0.5, 0.6) is 0 Å². The maximum Gasteiger partial charge on any atom is 0.128 e. The van der Waals surface area contributed by atoms with Gasteiger partial charge in [-0.2, -0.15) is 0 Å². The van der Waals surface area contributed by atoms with Crippen LogP contribution in [0, 0.1) is 5.82 Å². The van der Waals surface area contributed by atoms with Gasteiger partial charge in [-0.3, -0.25) is 9.88 Å². The fourth-order valence-electron chi connectivity index (χ4n) is 2.35. The fraction of sp³-hybridized carbons (Fsp3) is 0.353. The average molecular weight is 304 g/mol. The highest BCUT2D eigenvalue weighted by Gasteiger charge is 2.10. The molecule has 2 aromatic rings. The molecule has 4 nitrogen and oxygen atoms in total. The smallest absolute Gasteiger partial charge is 0.128 e. The van der Waals surface area contributed by atoms with Crippen molar-refractivity contribution in [3.63, 3.8) is 0 Å². The molecule has 0 spiro atoms. The number of aliphatic hydroxyl groups excluding tert-OH is 2. The summed E-state index contributed by atoms with van der Waals surface area (Å²) >= 11 is 0. The number of hydrogen-bond acceptors (Lipinski definition) is 4. The van der Waals surface area contributed by atoms with Crippen molar-refractivity contribution in [2.75, 3.05) is 26.3 Å².